The summed E-state index contributed by atoms with van der Waals surface area (Å²) in [6, 6.07) is -0.195. The van der Waals surface area contributed by atoms with Gasteiger partial charge in [-0.1, -0.05) is 26.8 Å². The van der Waals surface area contributed by atoms with Gasteiger partial charge < -0.3 is 48.3 Å². The molecule has 0 bridgehead atoms. The van der Waals surface area contributed by atoms with E-state index in [1.165, 1.54) is 7.11 Å². The number of carbonyl (C=O) groups excluding carboxylic acids is 2. The van der Waals surface area contributed by atoms with E-state index in [1.807, 2.05) is 59.7 Å². The molecule has 16 atom stereocenters. The maximum absolute atomic E-state index is 13.8. The number of ketones is 1. The summed E-state index contributed by atoms with van der Waals surface area (Å²) in [4.78, 5) is 29.5. The molecule has 0 unspecified atom stereocenters. The van der Waals surface area contributed by atoms with Crippen molar-refractivity contribution < 1.29 is 53.0 Å². The average molecular weight is 670 g/mol. The van der Waals surface area contributed by atoms with E-state index >= 15 is 0 Å². The fourth-order valence-corrected chi connectivity index (χ4v) is 7.54. The molecule has 4 rings (SSSR count). The Hall–Kier alpha value is -1.48. The molecule has 2 N–H and O–H groups in total. The van der Waals surface area contributed by atoms with Gasteiger partial charge in [-0.2, -0.15) is 0 Å². The molecule has 47 heavy (non-hydrogen) atoms. The highest BCUT2D eigenvalue weighted by Crippen LogP contribution is 2.42. The number of cyclic esters (lactones) is 1. The monoisotopic (exact) mass is 669 g/mol. The van der Waals surface area contributed by atoms with E-state index < -0.39 is 78.7 Å². The Balaban J connectivity index is 1.74. The van der Waals surface area contributed by atoms with Gasteiger partial charge in [-0.3, -0.25) is 9.59 Å². The summed E-state index contributed by atoms with van der Waals surface area (Å²) in [6.07, 6.45) is -3.62. The van der Waals surface area contributed by atoms with Crippen molar-refractivity contribution in [1.82, 2.24) is 4.90 Å². The fraction of sp³-hybridized carbons (Fsp3) is 0.886. The number of nitrogens with zero attached hydrogens (tertiary/aromatic N) is 1. The maximum atomic E-state index is 13.8. The van der Waals surface area contributed by atoms with E-state index in [0.29, 0.717) is 25.0 Å². The van der Waals surface area contributed by atoms with E-state index in [-0.39, 0.29) is 36.2 Å². The summed E-state index contributed by atoms with van der Waals surface area (Å²) in [5.74, 6) is -2.29. The summed E-state index contributed by atoms with van der Waals surface area (Å²) >= 11 is 0. The first-order valence-electron chi connectivity index (χ1n) is 17.2. The second-order valence-electron chi connectivity index (χ2n) is 14.8. The molecule has 4 heterocycles. The molecule has 0 radical (unpaired) electrons. The highest BCUT2D eigenvalue weighted by molar-refractivity contribution is 6.03. The van der Waals surface area contributed by atoms with Crippen molar-refractivity contribution in [3.63, 3.8) is 0 Å². The van der Waals surface area contributed by atoms with Crippen molar-refractivity contribution in [2.45, 2.75) is 148 Å². The largest absolute Gasteiger partial charge is 0.462 e. The zero-order valence-corrected chi connectivity index (χ0v) is 30.1. The number of epoxide rings is 1. The Morgan fingerprint density at radius 2 is 1.57 bits per heavy atom. The van der Waals surface area contributed by atoms with Crippen molar-refractivity contribution in [3.8, 4) is 0 Å². The Labute approximate surface area is 280 Å². The number of Topliss-reactive ketones (excluding diaryl/α,β-unsaturated/α-hetero) is 1. The van der Waals surface area contributed by atoms with Crippen LogP contribution in [0.25, 0.3) is 0 Å². The average Bonchev–Trinajstić information content (AvgIpc) is 3.79. The smallest absolute Gasteiger partial charge is 0.311 e. The molecule has 270 valence electrons. The lowest BCUT2D eigenvalue weighted by Gasteiger charge is -2.46. The van der Waals surface area contributed by atoms with Crippen molar-refractivity contribution in [3.05, 3.63) is 11.6 Å². The van der Waals surface area contributed by atoms with E-state index in [1.54, 1.807) is 20.8 Å². The minimum atomic E-state index is -0.984. The quantitative estimate of drug-likeness (QED) is 0.317. The number of aliphatic hydroxyl groups excluding tert-OH is 2. The van der Waals surface area contributed by atoms with Gasteiger partial charge in [-0.15, -0.1) is 0 Å². The van der Waals surface area contributed by atoms with E-state index in [0.717, 1.165) is 0 Å². The first-order valence-corrected chi connectivity index (χ1v) is 17.2. The lowest BCUT2D eigenvalue weighted by Crippen LogP contribution is -2.57. The van der Waals surface area contributed by atoms with Gasteiger partial charge >= 0.3 is 5.97 Å². The number of rotatable bonds is 6. The molecule has 12 nitrogen and oxygen atoms in total. The predicted molar refractivity (Wildman–Crippen MR) is 172 cm³/mol. The number of esters is 1. The molecule has 0 aromatic heterocycles. The Bertz CT molecular complexity index is 1110. The molecule has 0 aromatic rings. The molecule has 1 spiro atoms. The molecule has 0 aromatic carbocycles. The summed E-state index contributed by atoms with van der Waals surface area (Å²) in [7, 11) is 5.37. The van der Waals surface area contributed by atoms with E-state index in [2.05, 4.69) is 0 Å². The number of likely N-dealkylation sites (N-methyl/N-ethyl adjacent to an activating group) is 1. The van der Waals surface area contributed by atoms with Gasteiger partial charge in [0, 0.05) is 31.4 Å². The second-order valence-corrected chi connectivity index (χ2v) is 14.8. The summed E-state index contributed by atoms with van der Waals surface area (Å²) in [5.41, 5.74) is -0.420. The molecule has 4 aliphatic rings. The molecule has 0 saturated carbocycles. The van der Waals surface area contributed by atoms with Crippen molar-refractivity contribution in [2.75, 3.05) is 27.8 Å². The van der Waals surface area contributed by atoms with Crippen LogP contribution < -0.4 is 0 Å². The van der Waals surface area contributed by atoms with Crippen molar-refractivity contribution in [1.29, 1.82) is 0 Å². The maximum Gasteiger partial charge on any atom is 0.311 e. The zero-order valence-electron chi connectivity index (χ0n) is 30.1. The third-order valence-corrected chi connectivity index (χ3v) is 10.8. The fourth-order valence-electron chi connectivity index (χ4n) is 7.54. The first kappa shape index (κ1) is 38.3. The van der Waals surface area contributed by atoms with Crippen LogP contribution in [0, 0.1) is 23.7 Å². The van der Waals surface area contributed by atoms with Crippen LogP contribution in [0.15, 0.2) is 11.6 Å². The lowest BCUT2D eigenvalue weighted by atomic mass is 9.78. The molecule has 12 heteroatoms. The van der Waals surface area contributed by atoms with Gasteiger partial charge in [-0.25, -0.2) is 0 Å². The van der Waals surface area contributed by atoms with Crippen LogP contribution in [0.4, 0.5) is 0 Å². The topological polar surface area (TPSA) is 146 Å². The van der Waals surface area contributed by atoms with Gasteiger partial charge in [0.2, 0.25) is 0 Å². The van der Waals surface area contributed by atoms with E-state index in [9.17, 15) is 19.8 Å². The van der Waals surface area contributed by atoms with Crippen LogP contribution in [-0.4, -0.2) is 128 Å². The zero-order chi connectivity index (χ0) is 35.0. The van der Waals surface area contributed by atoms with Gasteiger partial charge in [0.1, 0.15) is 18.3 Å². The van der Waals surface area contributed by atoms with Gasteiger partial charge in [-0.05, 0) is 73.0 Å². The Kier molecular flexibility index (Phi) is 12.7. The van der Waals surface area contributed by atoms with Gasteiger partial charge in [0.25, 0.3) is 0 Å². The molecule has 3 fully saturated rings. The lowest BCUT2D eigenvalue weighted by molar-refractivity contribution is -0.298. The molecule has 0 aliphatic carbocycles. The Morgan fingerprint density at radius 3 is 2.17 bits per heavy atom. The highest BCUT2D eigenvalue weighted by Gasteiger charge is 2.55. The predicted octanol–water partition coefficient (Wildman–Crippen LogP) is 2.86. The second kappa shape index (κ2) is 15.6. The molecule has 4 aliphatic heterocycles. The molecular weight excluding hydrogens is 610 g/mol. The summed E-state index contributed by atoms with van der Waals surface area (Å²) in [5, 5.41) is 22.0. The van der Waals surface area contributed by atoms with E-state index in [4.69, 9.17) is 33.2 Å². The highest BCUT2D eigenvalue weighted by atomic mass is 16.7. The van der Waals surface area contributed by atoms with Crippen LogP contribution in [0.3, 0.4) is 0 Å². The van der Waals surface area contributed by atoms with Crippen molar-refractivity contribution in [2.24, 2.45) is 23.7 Å². The van der Waals surface area contributed by atoms with Crippen LogP contribution in [-0.2, 0) is 42.7 Å². The first-order chi connectivity index (χ1) is 22.0. The third kappa shape index (κ3) is 8.64. The van der Waals surface area contributed by atoms with Crippen molar-refractivity contribution >= 4 is 11.8 Å². The SMILES string of the molecule is CO[C@H]1C[C@H](O[C@H]2[C@H](C)[C@@H](O[C@@H]3O[C@H](C)C[C@H](N(C)C)[C@H]3O)[C@@H](C)C[C@@]3(CO3)C(=O)/C(C)=C/[C@@H](C)[C@@H](C)OC(=O)[C@@H]2C)O[C@@H](C)[C@@H]1O. The summed E-state index contributed by atoms with van der Waals surface area (Å²) < 4.78 is 43.1. The summed E-state index contributed by atoms with van der Waals surface area (Å²) in [6.45, 7) is 15.2. The molecular formula is C35H59NO11. The van der Waals surface area contributed by atoms with Gasteiger partial charge in [0.05, 0.1) is 43.0 Å². The normalized spacial score (nSPS) is 48.5. The number of methoxy groups -OCH3 is 1. The van der Waals surface area contributed by atoms with Crippen LogP contribution in [0.2, 0.25) is 0 Å². The number of ether oxygens (including phenoxy) is 7. The standard InChI is InChI=1S/C35H59NO11/c1-17-12-18(2)32(39)35(16-42-35)15-19(3)30(47-34-29(38)25(36(9)10)13-20(4)43-34)21(5)31(22(6)33(40)45-23(17)7)46-27-14-26(41-11)28(37)24(8)44-27/h12,17,19-31,34,37-38H,13-16H2,1-11H3/b18-12+/t17-,19+,20-,21-,22-,23-,24+,25+,26+,27+,28+,29-,30+,31+,34+,35-/m1/s1. The van der Waals surface area contributed by atoms with Crippen LogP contribution in [0.1, 0.15) is 74.7 Å². The minimum Gasteiger partial charge on any atom is -0.462 e. The minimum absolute atomic E-state index is 0.0941. The van der Waals surface area contributed by atoms with Crippen LogP contribution >= 0.6 is 0 Å². The number of aliphatic hydroxyl groups is 2. The number of hydrogen-bond donors (Lipinski definition) is 2. The third-order valence-electron chi connectivity index (χ3n) is 10.8. The van der Waals surface area contributed by atoms with Gasteiger partial charge in [0.15, 0.2) is 24.0 Å². The molecule has 0 amide bonds. The molecule has 3 saturated heterocycles. The number of hydrogen-bond acceptors (Lipinski definition) is 12. The number of carbonyl (C=O) groups is 2. The van der Waals surface area contributed by atoms with Crippen LogP contribution in [0.5, 0.6) is 0 Å². The Morgan fingerprint density at radius 1 is 0.915 bits per heavy atom.